The van der Waals surface area contributed by atoms with E-state index in [0.29, 0.717) is 45.0 Å². The maximum Gasteiger partial charge on any atom is 0.336 e. The minimum Gasteiger partial charge on any atom is -0.497 e. The molecule has 0 amide bonds. The van der Waals surface area contributed by atoms with E-state index >= 15 is 0 Å². The van der Waals surface area contributed by atoms with Crippen molar-refractivity contribution < 1.29 is 38.3 Å². The fraction of sp³-hybridized carbons (Fsp3) is 0.649. The molecule has 8 heteroatoms. The standard InChI is InChI=1S/C37H56O8/c1-6-10-20-41-26-32-34(42-21-11-7-2)36(44-23-13-9-4)35(43-22-12-8-3)33(45-32)31-25-28(16-19-30(31)37(38)39)24-27-14-17-29(40-5)18-15-27/h14-19,25,32-36H,6-13,20-24,26H2,1-5H3,(H,38,39)/t32-,33+,34-,35+,36+/m1/s1. The van der Waals surface area contributed by atoms with Crippen molar-refractivity contribution >= 4 is 5.97 Å². The first-order chi connectivity index (χ1) is 22.0. The highest BCUT2D eigenvalue weighted by atomic mass is 16.6. The number of rotatable bonds is 22. The van der Waals surface area contributed by atoms with Crippen molar-refractivity contribution in [2.24, 2.45) is 0 Å². The summed E-state index contributed by atoms with van der Waals surface area (Å²) in [6.45, 7) is 11.1. The van der Waals surface area contributed by atoms with Crippen LogP contribution in [0.15, 0.2) is 42.5 Å². The molecule has 1 saturated heterocycles. The van der Waals surface area contributed by atoms with Gasteiger partial charge < -0.3 is 33.5 Å². The molecule has 252 valence electrons. The molecule has 0 spiro atoms. The lowest BCUT2D eigenvalue weighted by Crippen LogP contribution is -2.58. The summed E-state index contributed by atoms with van der Waals surface area (Å²) < 4.78 is 38.0. The number of methoxy groups -OCH3 is 1. The Labute approximate surface area is 270 Å². The van der Waals surface area contributed by atoms with E-state index in [0.717, 1.165) is 68.2 Å². The van der Waals surface area contributed by atoms with Crippen LogP contribution in [0.3, 0.4) is 0 Å². The second-order valence-corrected chi connectivity index (χ2v) is 11.8. The molecular formula is C37H56O8. The minimum atomic E-state index is -1.00. The van der Waals surface area contributed by atoms with E-state index in [1.165, 1.54) is 0 Å². The Morgan fingerprint density at radius 1 is 0.733 bits per heavy atom. The molecule has 0 radical (unpaired) electrons. The van der Waals surface area contributed by atoms with Crippen molar-refractivity contribution in [3.63, 3.8) is 0 Å². The van der Waals surface area contributed by atoms with E-state index < -0.39 is 36.5 Å². The Balaban J connectivity index is 2.07. The summed E-state index contributed by atoms with van der Waals surface area (Å²) >= 11 is 0. The van der Waals surface area contributed by atoms with Gasteiger partial charge in [-0.15, -0.1) is 0 Å². The van der Waals surface area contributed by atoms with Gasteiger partial charge in [0.25, 0.3) is 0 Å². The van der Waals surface area contributed by atoms with E-state index in [9.17, 15) is 9.90 Å². The smallest absolute Gasteiger partial charge is 0.336 e. The number of carboxylic acid groups (broad SMARTS) is 1. The van der Waals surface area contributed by atoms with Crippen LogP contribution < -0.4 is 4.74 Å². The molecule has 2 aromatic carbocycles. The summed E-state index contributed by atoms with van der Waals surface area (Å²) in [4.78, 5) is 12.6. The predicted octanol–water partition coefficient (Wildman–Crippen LogP) is 7.80. The van der Waals surface area contributed by atoms with Crippen molar-refractivity contribution in [3.05, 3.63) is 64.7 Å². The van der Waals surface area contributed by atoms with E-state index in [2.05, 4.69) is 27.7 Å². The lowest BCUT2D eigenvalue weighted by molar-refractivity contribution is -0.268. The molecule has 0 bridgehead atoms. The third-order valence-corrected chi connectivity index (χ3v) is 8.20. The number of benzene rings is 2. The van der Waals surface area contributed by atoms with Gasteiger partial charge >= 0.3 is 5.97 Å². The SMILES string of the molecule is CCCCOC[C@H]1O[C@@H](c2cc(Cc3ccc(OC)cc3)ccc2C(=O)O)[C@H](OCCCC)[C@@H](OCCCC)[C@@H]1OCCCC. The highest BCUT2D eigenvalue weighted by molar-refractivity contribution is 5.89. The molecule has 3 rings (SSSR count). The van der Waals surface area contributed by atoms with Crippen LogP contribution in [0, 0.1) is 0 Å². The number of carboxylic acids is 1. The van der Waals surface area contributed by atoms with Crippen LogP contribution >= 0.6 is 0 Å². The number of hydrogen-bond donors (Lipinski definition) is 1. The van der Waals surface area contributed by atoms with Gasteiger partial charge in [-0.1, -0.05) is 77.6 Å². The molecule has 0 saturated carbocycles. The Hall–Kier alpha value is -2.49. The van der Waals surface area contributed by atoms with E-state index in [-0.39, 0.29) is 5.56 Å². The largest absolute Gasteiger partial charge is 0.497 e. The zero-order chi connectivity index (χ0) is 32.4. The van der Waals surface area contributed by atoms with Crippen LogP contribution in [-0.4, -0.2) is 75.6 Å². The Kier molecular flexibility index (Phi) is 16.9. The average Bonchev–Trinajstić information content (AvgIpc) is 3.05. The van der Waals surface area contributed by atoms with E-state index in [1.54, 1.807) is 13.2 Å². The second kappa shape index (κ2) is 20.6. The number of ether oxygens (including phenoxy) is 6. The van der Waals surface area contributed by atoms with Crippen LogP contribution in [0.4, 0.5) is 0 Å². The number of carbonyl (C=O) groups is 1. The van der Waals surface area contributed by atoms with Gasteiger partial charge in [0.15, 0.2) is 0 Å². The third kappa shape index (κ3) is 11.4. The Morgan fingerprint density at radius 2 is 1.29 bits per heavy atom. The molecule has 8 nitrogen and oxygen atoms in total. The number of unbranched alkanes of at least 4 members (excludes halogenated alkanes) is 4. The Bertz CT molecular complexity index is 1100. The predicted molar refractivity (Wildman–Crippen MR) is 176 cm³/mol. The zero-order valence-electron chi connectivity index (χ0n) is 28.1. The van der Waals surface area contributed by atoms with Crippen LogP contribution in [0.1, 0.15) is 112 Å². The quantitative estimate of drug-likeness (QED) is 0.132. The summed E-state index contributed by atoms with van der Waals surface area (Å²) in [6, 6.07) is 13.4. The molecule has 1 N–H and O–H groups in total. The highest BCUT2D eigenvalue weighted by Gasteiger charge is 2.49. The minimum absolute atomic E-state index is 0.200. The van der Waals surface area contributed by atoms with Gasteiger partial charge in [-0.2, -0.15) is 0 Å². The van der Waals surface area contributed by atoms with Crippen molar-refractivity contribution in [2.45, 2.75) is 116 Å². The molecule has 0 aliphatic carbocycles. The van der Waals surface area contributed by atoms with Crippen molar-refractivity contribution in [3.8, 4) is 5.75 Å². The van der Waals surface area contributed by atoms with Gasteiger partial charge in [-0.3, -0.25) is 0 Å². The van der Waals surface area contributed by atoms with Gasteiger partial charge in [0.05, 0.1) is 19.3 Å². The summed E-state index contributed by atoms with van der Waals surface area (Å²) in [7, 11) is 1.65. The first kappa shape index (κ1) is 37.0. The summed E-state index contributed by atoms with van der Waals surface area (Å²) in [5.41, 5.74) is 2.87. The molecular weight excluding hydrogens is 572 g/mol. The first-order valence-electron chi connectivity index (χ1n) is 17.0. The molecule has 45 heavy (non-hydrogen) atoms. The first-order valence-corrected chi connectivity index (χ1v) is 17.0. The third-order valence-electron chi connectivity index (χ3n) is 8.20. The van der Waals surface area contributed by atoms with Gasteiger partial charge in [-0.25, -0.2) is 4.79 Å². The summed E-state index contributed by atoms with van der Waals surface area (Å²) in [6.07, 6.45) is 5.75. The molecule has 1 aliphatic heterocycles. The van der Waals surface area contributed by atoms with Gasteiger partial charge in [-0.05, 0) is 67.0 Å². The van der Waals surface area contributed by atoms with Gasteiger partial charge in [0, 0.05) is 26.4 Å². The maximum absolute atomic E-state index is 12.6. The van der Waals surface area contributed by atoms with Crippen molar-refractivity contribution in [2.75, 3.05) is 40.1 Å². The monoisotopic (exact) mass is 628 g/mol. The number of hydrogen-bond acceptors (Lipinski definition) is 7. The van der Waals surface area contributed by atoms with Crippen LogP contribution in [0.2, 0.25) is 0 Å². The zero-order valence-corrected chi connectivity index (χ0v) is 28.1. The van der Waals surface area contributed by atoms with Crippen molar-refractivity contribution in [1.29, 1.82) is 0 Å². The van der Waals surface area contributed by atoms with Crippen molar-refractivity contribution in [1.82, 2.24) is 0 Å². The molecule has 1 aliphatic rings. The summed E-state index contributed by atoms with van der Waals surface area (Å²) in [5, 5.41) is 10.3. The molecule has 2 aromatic rings. The topological polar surface area (TPSA) is 92.7 Å². The lowest BCUT2D eigenvalue weighted by atomic mass is 9.87. The second-order valence-electron chi connectivity index (χ2n) is 11.8. The normalized spacial score (nSPS) is 21.6. The maximum atomic E-state index is 12.6. The van der Waals surface area contributed by atoms with Crippen LogP contribution in [0.5, 0.6) is 5.75 Å². The van der Waals surface area contributed by atoms with Gasteiger partial charge in [0.1, 0.15) is 36.3 Å². The molecule has 0 unspecified atom stereocenters. The molecule has 1 fully saturated rings. The highest BCUT2D eigenvalue weighted by Crippen LogP contribution is 2.39. The van der Waals surface area contributed by atoms with E-state index in [1.807, 2.05) is 36.4 Å². The fourth-order valence-corrected chi connectivity index (χ4v) is 5.54. The van der Waals surface area contributed by atoms with Crippen LogP contribution in [-0.2, 0) is 30.1 Å². The lowest BCUT2D eigenvalue weighted by Gasteiger charge is -2.46. The van der Waals surface area contributed by atoms with E-state index in [4.69, 9.17) is 28.4 Å². The molecule has 1 heterocycles. The molecule has 0 aromatic heterocycles. The average molecular weight is 629 g/mol. The summed E-state index contributed by atoms with van der Waals surface area (Å²) in [5.74, 6) is -0.210. The van der Waals surface area contributed by atoms with Crippen LogP contribution in [0.25, 0.3) is 0 Å². The fourth-order valence-electron chi connectivity index (χ4n) is 5.54. The molecule has 5 atom stereocenters. The Morgan fingerprint density at radius 3 is 1.87 bits per heavy atom. The number of aromatic carboxylic acids is 1. The van der Waals surface area contributed by atoms with Gasteiger partial charge in [0.2, 0.25) is 0 Å².